The number of nitrogens with zero attached hydrogens (tertiary/aromatic N) is 4. The normalized spacial score (nSPS) is 10.9. The molecule has 0 saturated carbocycles. The van der Waals surface area contributed by atoms with E-state index in [-0.39, 0.29) is 5.91 Å². The Bertz CT molecular complexity index is 873. The van der Waals surface area contributed by atoms with Crippen LogP contribution < -0.4 is 10.1 Å². The molecule has 1 N–H and O–H groups in total. The fraction of sp³-hybridized carbons (Fsp3) is 0.231. The van der Waals surface area contributed by atoms with Crippen molar-refractivity contribution in [3.8, 4) is 5.75 Å². The van der Waals surface area contributed by atoms with Crippen molar-refractivity contribution in [2.75, 3.05) is 12.4 Å². The van der Waals surface area contributed by atoms with E-state index in [0.717, 1.165) is 5.56 Å². The molecule has 7 nitrogen and oxygen atoms in total. The van der Waals surface area contributed by atoms with Crippen molar-refractivity contribution in [3.05, 3.63) is 33.6 Å². The van der Waals surface area contributed by atoms with Crippen LogP contribution in [0.25, 0.3) is 4.96 Å². The molecule has 0 radical (unpaired) electrons. The number of methoxy groups -OCH3 is 1. The number of amides is 1. The van der Waals surface area contributed by atoms with Crippen LogP contribution in [-0.2, 0) is 0 Å². The van der Waals surface area contributed by atoms with Crippen molar-refractivity contribution in [1.29, 1.82) is 0 Å². The fourth-order valence-corrected chi connectivity index (χ4v) is 2.85. The van der Waals surface area contributed by atoms with E-state index < -0.39 is 0 Å². The third-order valence-electron chi connectivity index (χ3n) is 3.07. The zero-order valence-electron chi connectivity index (χ0n) is 12.0. The molecule has 1 aromatic carbocycles. The molecule has 0 spiro atoms. The lowest BCUT2D eigenvalue weighted by atomic mass is 10.2. The molecule has 0 saturated heterocycles. The third-order valence-corrected chi connectivity index (χ3v) is 4.37. The summed E-state index contributed by atoms with van der Waals surface area (Å²) in [5, 5.41) is 15.7. The Kier molecular flexibility index (Phi) is 3.71. The van der Waals surface area contributed by atoms with E-state index in [9.17, 15) is 4.79 Å². The van der Waals surface area contributed by atoms with Crippen molar-refractivity contribution in [1.82, 2.24) is 19.8 Å². The molecule has 1 amide bonds. The maximum atomic E-state index is 12.3. The number of nitrogens with one attached hydrogen (secondary N) is 1. The predicted octanol–water partition coefficient (Wildman–Crippen LogP) is 2.72. The summed E-state index contributed by atoms with van der Waals surface area (Å²) in [6.07, 6.45) is 0. The number of anilines is 1. The molecule has 0 atom stereocenters. The van der Waals surface area contributed by atoms with E-state index in [1.165, 1.54) is 23.0 Å². The standard InChI is InChI=1S/C13H12ClN5O2S/c1-6-4-9(10(21-3)5-8(6)14)15-11(20)12-18-19-7(2)16-17-13(19)22-12/h4-5H,1-3H3,(H,15,20). The molecule has 0 aliphatic carbocycles. The van der Waals surface area contributed by atoms with Crippen LogP contribution in [-0.4, -0.2) is 32.8 Å². The lowest BCUT2D eigenvalue weighted by Gasteiger charge is -2.11. The average molecular weight is 338 g/mol. The van der Waals surface area contributed by atoms with Gasteiger partial charge in [0.15, 0.2) is 5.82 Å². The molecule has 114 valence electrons. The molecule has 9 heteroatoms. The molecule has 3 rings (SSSR count). The van der Waals surface area contributed by atoms with Crippen molar-refractivity contribution in [3.63, 3.8) is 0 Å². The predicted molar refractivity (Wildman–Crippen MR) is 84.1 cm³/mol. The average Bonchev–Trinajstić information content (AvgIpc) is 3.05. The van der Waals surface area contributed by atoms with Gasteiger partial charge < -0.3 is 10.1 Å². The number of carbonyl (C=O) groups excluding carboxylic acids is 1. The number of ether oxygens (including phenoxy) is 1. The summed E-state index contributed by atoms with van der Waals surface area (Å²) in [5.74, 6) is 0.781. The second-order valence-electron chi connectivity index (χ2n) is 4.60. The van der Waals surface area contributed by atoms with Gasteiger partial charge in [-0.2, -0.15) is 4.52 Å². The summed E-state index contributed by atoms with van der Waals surface area (Å²) in [6.45, 7) is 3.62. The van der Waals surface area contributed by atoms with E-state index in [1.54, 1.807) is 19.1 Å². The summed E-state index contributed by atoms with van der Waals surface area (Å²) >= 11 is 7.22. The number of aryl methyl sites for hydroxylation is 2. The summed E-state index contributed by atoms with van der Waals surface area (Å²) in [6, 6.07) is 3.42. The number of aromatic nitrogens is 4. The zero-order chi connectivity index (χ0) is 15.9. The molecule has 22 heavy (non-hydrogen) atoms. The van der Waals surface area contributed by atoms with E-state index in [1.807, 2.05) is 6.92 Å². The highest BCUT2D eigenvalue weighted by atomic mass is 35.5. The van der Waals surface area contributed by atoms with Crippen molar-refractivity contribution in [2.24, 2.45) is 0 Å². The van der Waals surface area contributed by atoms with Crippen LogP contribution in [0.4, 0.5) is 5.69 Å². The van der Waals surface area contributed by atoms with Crippen LogP contribution in [0.2, 0.25) is 5.02 Å². The Morgan fingerprint density at radius 2 is 2.14 bits per heavy atom. The first kappa shape index (κ1) is 14.7. The van der Waals surface area contributed by atoms with E-state index >= 15 is 0 Å². The monoisotopic (exact) mass is 337 g/mol. The number of carbonyl (C=O) groups is 1. The van der Waals surface area contributed by atoms with Gasteiger partial charge in [-0.3, -0.25) is 4.79 Å². The van der Waals surface area contributed by atoms with Gasteiger partial charge in [-0.15, -0.1) is 15.3 Å². The summed E-state index contributed by atoms with van der Waals surface area (Å²) in [7, 11) is 1.52. The Labute approximate surface area is 134 Å². The van der Waals surface area contributed by atoms with Crippen LogP contribution in [0.15, 0.2) is 12.1 Å². The Hall–Kier alpha value is -2.19. The van der Waals surface area contributed by atoms with Crippen LogP contribution in [0, 0.1) is 13.8 Å². The Balaban J connectivity index is 1.92. The molecule has 0 fully saturated rings. The van der Waals surface area contributed by atoms with Gasteiger partial charge in [-0.05, 0) is 25.5 Å². The molecule has 3 aromatic rings. The van der Waals surface area contributed by atoms with Crippen LogP contribution in [0.1, 0.15) is 21.2 Å². The van der Waals surface area contributed by atoms with Gasteiger partial charge in [0.1, 0.15) is 5.75 Å². The topological polar surface area (TPSA) is 81.4 Å². The van der Waals surface area contributed by atoms with Crippen LogP contribution in [0.3, 0.4) is 0 Å². The van der Waals surface area contributed by atoms with Gasteiger partial charge in [0, 0.05) is 11.1 Å². The summed E-state index contributed by atoms with van der Waals surface area (Å²) in [4.78, 5) is 12.9. The van der Waals surface area contributed by atoms with Crippen molar-refractivity contribution < 1.29 is 9.53 Å². The molecule has 0 aliphatic rings. The smallest absolute Gasteiger partial charge is 0.286 e. The maximum absolute atomic E-state index is 12.3. The summed E-state index contributed by atoms with van der Waals surface area (Å²) in [5.41, 5.74) is 1.38. The number of hydrogen-bond acceptors (Lipinski definition) is 6. The first-order valence-electron chi connectivity index (χ1n) is 6.34. The fourth-order valence-electron chi connectivity index (χ4n) is 1.91. The molecule has 2 heterocycles. The zero-order valence-corrected chi connectivity index (χ0v) is 13.6. The van der Waals surface area contributed by atoms with Gasteiger partial charge >= 0.3 is 0 Å². The Morgan fingerprint density at radius 1 is 1.36 bits per heavy atom. The third kappa shape index (κ3) is 2.51. The van der Waals surface area contributed by atoms with Gasteiger partial charge in [-0.25, -0.2) is 0 Å². The quantitative estimate of drug-likeness (QED) is 0.794. The van der Waals surface area contributed by atoms with Crippen molar-refractivity contribution >= 4 is 39.5 Å². The van der Waals surface area contributed by atoms with Gasteiger partial charge in [-0.1, -0.05) is 22.9 Å². The molecule has 0 aliphatic heterocycles. The lowest BCUT2D eigenvalue weighted by Crippen LogP contribution is -2.13. The first-order valence-corrected chi connectivity index (χ1v) is 7.53. The molecule has 2 aromatic heterocycles. The van der Waals surface area contributed by atoms with Crippen LogP contribution in [0.5, 0.6) is 5.75 Å². The molecule has 0 bridgehead atoms. The Morgan fingerprint density at radius 3 is 2.82 bits per heavy atom. The lowest BCUT2D eigenvalue weighted by molar-refractivity contribution is 0.102. The minimum absolute atomic E-state index is 0.294. The highest BCUT2D eigenvalue weighted by molar-refractivity contribution is 7.18. The number of benzene rings is 1. The highest BCUT2D eigenvalue weighted by Crippen LogP contribution is 2.31. The number of hydrogen-bond donors (Lipinski definition) is 1. The number of halogens is 1. The second kappa shape index (κ2) is 5.54. The van der Waals surface area contributed by atoms with Gasteiger partial charge in [0.2, 0.25) is 9.97 Å². The SMILES string of the molecule is COc1cc(Cl)c(C)cc1NC(=O)c1nn2c(C)nnc2s1. The van der Waals surface area contributed by atoms with Crippen LogP contribution >= 0.6 is 22.9 Å². The van der Waals surface area contributed by atoms with E-state index in [2.05, 4.69) is 20.6 Å². The molecular weight excluding hydrogens is 326 g/mol. The van der Waals surface area contributed by atoms with Crippen molar-refractivity contribution in [2.45, 2.75) is 13.8 Å². The molecule has 0 unspecified atom stereocenters. The minimum atomic E-state index is -0.338. The molecular formula is C13H12ClN5O2S. The number of fused-ring (bicyclic) bond motifs is 1. The van der Waals surface area contributed by atoms with Gasteiger partial charge in [0.25, 0.3) is 5.91 Å². The summed E-state index contributed by atoms with van der Waals surface area (Å²) < 4.78 is 6.77. The second-order valence-corrected chi connectivity index (χ2v) is 5.97. The maximum Gasteiger partial charge on any atom is 0.286 e. The van der Waals surface area contributed by atoms with E-state index in [4.69, 9.17) is 16.3 Å². The highest BCUT2D eigenvalue weighted by Gasteiger charge is 2.17. The number of rotatable bonds is 3. The first-order chi connectivity index (χ1) is 10.5. The largest absolute Gasteiger partial charge is 0.495 e. The minimum Gasteiger partial charge on any atom is -0.495 e. The van der Waals surface area contributed by atoms with Gasteiger partial charge in [0.05, 0.1) is 12.8 Å². The van der Waals surface area contributed by atoms with E-state index in [0.29, 0.717) is 32.3 Å².